The monoisotopic (exact) mass is 142 g/mol. The number of epoxide rings is 1. The Morgan fingerprint density at radius 2 is 2.20 bits per heavy atom. The zero-order valence-electron chi connectivity index (χ0n) is 6.43. The molecule has 2 rings (SSSR count). The van der Waals surface area contributed by atoms with Gasteiger partial charge in [0.05, 0.1) is 12.7 Å². The standard InChI is InChI=1S/C8H14O2/c1-8(6-10-8)7-4-2-3-5-9-7/h7H,2-6H2,1H3/t7-,8+/m1/s1. The van der Waals surface area contributed by atoms with Gasteiger partial charge in [0.25, 0.3) is 0 Å². The van der Waals surface area contributed by atoms with Crippen LogP contribution in [-0.2, 0) is 9.47 Å². The average molecular weight is 142 g/mol. The van der Waals surface area contributed by atoms with E-state index >= 15 is 0 Å². The van der Waals surface area contributed by atoms with Crippen LogP contribution in [-0.4, -0.2) is 24.9 Å². The van der Waals surface area contributed by atoms with Gasteiger partial charge in [-0.3, -0.25) is 0 Å². The van der Waals surface area contributed by atoms with Crippen LogP contribution in [0.25, 0.3) is 0 Å². The normalized spacial score (nSPS) is 47.1. The van der Waals surface area contributed by atoms with Crippen LogP contribution in [0.3, 0.4) is 0 Å². The summed E-state index contributed by atoms with van der Waals surface area (Å²) in [7, 11) is 0. The number of hydrogen-bond donors (Lipinski definition) is 0. The van der Waals surface area contributed by atoms with E-state index in [2.05, 4.69) is 6.92 Å². The van der Waals surface area contributed by atoms with E-state index in [0.29, 0.717) is 6.10 Å². The molecule has 2 fully saturated rings. The fraction of sp³-hybridized carbons (Fsp3) is 1.00. The quantitative estimate of drug-likeness (QED) is 0.515. The van der Waals surface area contributed by atoms with Crippen LogP contribution in [0.2, 0.25) is 0 Å². The minimum absolute atomic E-state index is 0.0976. The van der Waals surface area contributed by atoms with E-state index < -0.39 is 0 Å². The molecule has 2 aliphatic heterocycles. The van der Waals surface area contributed by atoms with E-state index in [9.17, 15) is 0 Å². The Morgan fingerprint density at radius 1 is 1.40 bits per heavy atom. The molecule has 2 aliphatic rings. The largest absolute Gasteiger partial charge is 0.375 e. The molecule has 0 aromatic carbocycles. The Hall–Kier alpha value is -0.0800. The minimum atomic E-state index is 0.0976. The van der Waals surface area contributed by atoms with Crippen molar-refractivity contribution in [3.63, 3.8) is 0 Å². The highest BCUT2D eigenvalue weighted by molar-refractivity contribution is 4.95. The molecule has 0 bridgehead atoms. The highest BCUT2D eigenvalue weighted by atomic mass is 16.6. The van der Waals surface area contributed by atoms with Gasteiger partial charge >= 0.3 is 0 Å². The topological polar surface area (TPSA) is 21.8 Å². The Bertz CT molecular complexity index is 123. The highest BCUT2D eigenvalue weighted by Crippen LogP contribution is 2.36. The van der Waals surface area contributed by atoms with Gasteiger partial charge < -0.3 is 9.47 Å². The van der Waals surface area contributed by atoms with Crippen molar-refractivity contribution in [1.82, 2.24) is 0 Å². The molecule has 0 N–H and O–H groups in total. The molecular formula is C8H14O2. The number of rotatable bonds is 1. The van der Waals surface area contributed by atoms with E-state index in [0.717, 1.165) is 13.2 Å². The third-order valence-electron chi connectivity index (χ3n) is 2.46. The van der Waals surface area contributed by atoms with Gasteiger partial charge in [-0.25, -0.2) is 0 Å². The third kappa shape index (κ3) is 1.06. The van der Waals surface area contributed by atoms with Crippen LogP contribution in [0.1, 0.15) is 26.2 Å². The maximum absolute atomic E-state index is 5.58. The summed E-state index contributed by atoms with van der Waals surface area (Å²) in [5, 5.41) is 0. The third-order valence-corrected chi connectivity index (χ3v) is 2.46. The smallest absolute Gasteiger partial charge is 0.115 e. The van der Waals surface area contributed by atoms with Crippen molar-refractivity contribution in [3.05, 3.63) is 0 Å². The summed E-state index contributed by atoms with van der Waals surface area (Å²) in [6, 6.07) is 0. The van der Waals surface area contributed by atoms with Crippen molar-refractivity contribution in [2.45, 2.75) is 37.9 Å². The summed E-state index contributed by atoms with van der Waals surface area (Å²) in [6.07, 6.45) is 4.12. The molecule has 2 heteroatoms. The minimum Gasteiger partial charge on any atom is -0.375 e. The summed E-state index contributed by atoms with van der Waals surface area (Å²) < 4.78 is 10.9. The molecule has 0 saturated carbocycles. The lowest BCUT2D eigenvalue weighted by Gasteiger charge is -2.25. The van der Waals surface area contributed by atoms with Crippen molar-refractivity contribution in [3.8, 4) is 0 Å². The average Bonchev–Trinajstić information content (AvgIpc) is 2.72. The van der Waals surface area contributed by atoms with Crippen molar-refractivity contribution in [2.75, 3.05) is 13.2 Å². The van der Waals surface area contributed by atoms with Crippen molar-refractivity contribution >= 4 is 0 Å². The van der Waals surface area contributed by atoms with Gasteiger partial charge in [-0.1, -0.05) is 0 Å². The summed E-state index contributed by atoms with van der Waals surface area (Å²) >= 11 is 0. The van der Waals surface area contributed by atoms with Gasteiger partial charge in [0.1, 0.15) is 5.60 Å². The van der Waals surface area contributed by atoms with Crippen molar-refractivity contribution in [1.29, 1.82) is 0 Å². The lowest BCUT2D eigenvalue weighted by Crippen LogP contribution is -2.32. The molecule has 2 nitrogen and oxygen atoms in total. The van der Waals surface area contributed by atoms with Crippen LogP contribution in [0.5, 0.6) is 0 Å². The van der Waals surface area contributed by atoms with Crippen LogP contribution >= 0.6 is 0 Å². The first-order chi connectivity index (χ1) is 4.81. The van der Waals surface area contributed by atoms with Gasteiger partial charge in [-0.15, -0.1) is 0 Å². The van der Waals surface area contributed by atoms with Gasteiger partial charge in [0, 0.05) is 6.61 Å². The van der Waals surface area contributed by atoms with Crippen LogP contribution < -0.4 is 0 Å². The first kappa shape index (κ1) is 6.62. The first-order valence-corrected chi connectivity index (χ1v) is 4.07. The van der Waals surface area contributed by atoms with Crippen molar-refractivity contribution < 1.29 is 9.47 Å². The molecule has 0 amide bonds. The fourth-order valence-corrected chi connectivity index (χ4v) is 1.52. The molecule has 0 spiro atoms. The lowest BCUT2D eigenvalue weighted by molar-refractivity contribution is -0.0285. The van der Waals surface area contributed by atoms with E-state index in [1.54, 1.807) is 0 Å². The summed E-state index contributed by atoms with van der Waals surface area (Å²) in [5.74, 6) is 0. The first-order valence-electron chi connectivity index (χ1n) is 4.07. The predicted molar refractivity (Wildman–Crippen MR) is 37.9 cm³/mol. The van der Waals surface area contributed by atoms with Crippen molar-refractivity contribution in [2.24, 2.45) is 0 Å². The molecule has 2 atom stereocenters. The molecule has 0 aromatic rings. The van der Waals surface area contributed by atoms with E-state index in [1.165, 1.54) is 19.3 Å². The summed E-state index contributed by atoms with van der Waals surface area (Å²) in [4.78, 5) is 0. The van der Waals surface area contributed by atoms with Gasteiger partial charge in [0.2, 0.25) is 0 Å². The van der Waals surface area contributed by atoms with Gasteiger partial charge in [0.15, 0.2) is 0 Å². The van der Waals surface area contributed by atoms with E-state index in [-0.39, 0.29) is 5.60 Å². The molecule has 58 valence electrons. The molecule has 2 saturated heterocycles. The van der Waals surface area contributed by atoms with Gasteiger partial charge in [-0.2, -0.15) is 0 Å². The maximum Gasteiger partial charge on any atom is 0.115 e. The Balaban J connectivity index is 1.91. The molecule has 2 heterocycles. The van der Waals surface area contributed by atoms with Gasteiger partial charge in [-0.05, 0) is 26.2 Å². The van der Waals surface area contributed by atoms with Crippen LogP contribution in [0.4, 0.5) is 0 Å². The lowest BCUT2D eigenvalue weighted by atomic mass is 9.98. The Morgan fingerprint density at radius 3 is 2.70 bits per heavy atom. The molecule has 10 heavy (non-hydrogen) atoms. The SMILES string of the molecule is C[C@@]1([C@H]2CCCCO2)CO1. The second-order valence-corrected chi connectivity index (χ2v) is 3.46. The van der Waals surface area contributed by atoms with E-state index in [4.69, 9.17) is 9.47 Å². The molecular weight excluding hydrogens is 128 g/mol. The number of hydrogen-bond acceptors (Lipinski definition) is 2. The molecule has 0 radical (unpaired) electrons. The van der Waals surface area contributed by atoms with Crippen LogP contribution in [0.15, 0.2) is 0 Å². The molecule has 0 aliphatic carbocycles. The summed E-state index contributed by atoms with van der Waals surface area (Å²) in [5.41, 5.74) is 0.0976. The Labute approximate surface area is 61.5 Å². The highest BCUT2D eigenvalue weighted by Gasteiger charge is 2.48. The number of ether oxygens (including phenoxy) is 2. The van der Waals surface area contributed by atoms with Crippen LogP contribution in [0, 0.1) is 0 Å². The maximum atomic E-state index is 5.58. The zero-order valence-corrected chi connectivity index (χ0v) is 6.43. The predicted octanol–water partition coefficient (Wildman–Crippen LogP) is 1.34. The second-order valence-electron chi connectivity index (χ2n) is 3.46. The fourth-order valence-electron chi connectivity index (χ4n) is 1.52. The molecule has 0 aromatic heterocycles. The second kappa shape index (κ2) is 2.21. The van der Waals surface area contributed by atoms with E-state index in [1.807, 2.05) is 0 Å². The summed E-state index contributed by atoms with van der Waals surface area (Å²) in [6.45, 7) is 3.98. The zero-order chi connectivity index (χ0) is 7.03. The Kier molecular flexibility index (Phi) is 1.46. The molecule has 0 unspecified atom stereocenters.